The SMILES string of the molecule is CC(=O)N[C@@H]1[C@@H](O)[C@H](O[C@@H]2O[C@H](C(=O)O)[C@@H](O[C@@H]3O[C@H](CO)[C@@H](O[C@H]4O[C@@H](C(=O)O)[C@H](O)[C@@H](O)[C@@H]4OS(=O)(=O)O)[C@H](OS(=O)(=O)O)[C@H]3NS(=O)(=O)O)[C@H](O)[C@H]2OS(=O)(=O)O)[C@H](COS(=O)(=O)O)O[C@H]1O.OC[C@H]1O[C@@H]2O[C@H]3[C@H](O)[C@@H](O)[C@@H](O[C@H]4[C@H](O)[C@@H](O)[C@@H](O[C@H]5[C@H](O)[C@@H](O)[C@@H](O[C@H]6[C@H](O)[C@@H](O)[C@@H](O[C@H]7[C@H](O)[C@@H](O)[C@@H](O[C@H]8[C@H](O)[C@@H](O)[C@@H](O[C@H]1[C@H](O)[C@H]2O)O[C@@H]8CO)O[C@@H]7CO)O[C@@H]6CO)O[C@@H]5CO)O[C@@H]4CO)O[C@@H]3CO. The molecule has 25 aliphatic heterocycles. The Labute approximate surface area is 824 Å². The lowest BCUT2D eigenvalue weighted by atomic mass is 9.94. The Kier molecular flexibility index (Phi) is 42.3. The van der Waals surface area contributed by atoms with Crippen LogP contribution >= 0.6 is 0 Å². The van der Waals surface area contributed by atoms with Gasteiger partial charge in [-0.1, -0.05) is 0 Å². The van der Waals surface area contributed by atoms with Gasteiger partial charge in [0.15, 0.2) is 93.6 Å². The molecule has 0 aromatic heterocycles. The highest BCUT2D eigenvalue weighted by atomic mass is 32.3. The molecule has 25 fully saturated rings. The molecule has 0 aromatic rings. The fraction of sp³-hybridized carbons (Fsp3) is 0.956. The molecule has 74 nitrogen and oxygen atoms in total. The molecule has 25 rings (SSSR count). The number of carboxylic acid groups (broad SMARTS) is 2. The van der Waals surface area contributed by atoms with E-state index in [1.165, 1.54) is 4.72 Å². The highest BCUT2D eigenvalue weighted by Crippen LogP contribution is 2.44. The lowest BCUT2D eigenvalue weighted by Gasteiger charge is -2.50. The van der Waals surface area contributed by atoms with Crippen molar-refractivity contribution in [3.63, 3.8) is 0 Å². The Balaban J connectivity index is 0.000000281. The third kappa shape index (κ3) is 28.9. The summed E-state index contributed by atoms with van der Waals surface area (Å²) in [6.07, 6.45) is -119. The first kappa shape index (κ1) is 123. The normalized spacial score (nSPS) is 47.7. The number of hydrogen-bond donors (Lipinski definition) is 36. The van der Waals surface area contributed by atoms with Crippen LogP contribution in [-0.4, -0.2) is 628 Å². The molecule has 0 aliphatic carbocycles. The molecule has 25 saturated heterocycles. The number of rotatable bonds is 28. The smallest absolute Gasteiger partial charge is 0.397 e. The molecule has 55 atom stereocenters. The van der Waals surface area contributed by atoms with Gasteiger partial charge in [-0.15, -0.1) is 0 Å². The number of carboxylic acids is 2. The molecule has 0 aromatic carbocycles. The zero-order chi connectivity index (χ0) is 109. The van der Waals surface area contributed by atoms with Crippen LogP contribution in [0.5, 0.6) is 0 Å². The van der Waals surface area contributed by atoms with Crippen molar-refractivity contribution >= 4 is 69.7 Å². The lowest BCUT2D eigenvalue weighted by molar-refractivity contribution is -0.396. The van der Waals surface area contributed by atoms with Crippen LogP contribution in [0.2, 0.25) is 0 Å². The third-order valence-corrected chi connectivity index (χ3v) is 26.9. The number of carbonyl (C=O) groups is 3. The molecule has 25 heterocycles. The second-order valence-electron chi connectivity index (χ2n) is 34.3. The second kappa shape index (κ2) is 50.6. The van der Waals surface area contributed by atoms with Gasteiger partial charge in [0.05, 0.1) is 59.5 Å². The zero-order valence-corrected chi connectivity index (χ0v) is 78.5. The first-order valence-electron chi connectivity index (χ1n) is 43.1. The van der Waals surface area contributed by atoms with E-state index < -0.39 is 467 Å². The molecule has 25 aliphatic rings. The van der Waals surface area contributed by atoms with Crippen molar-refractivity contribution in [2.75, 3.05) is 59.5 Å². The maximum atomic E-state index is 12.7. The maximum absolute atomic E-state index is 12.7. The van der Waals surface area contributed by atoms with Gasteiger partial charge in [-0.25, -0.2) is 26.3 Å². The summed E-state index contributed by atoms with van der Waals surface area (Å²) in [6.45, 7) is -9.57. The van der Waals surface area contributed by atoms with Crippen molar-refractivity contribution in [1.29, 1.82) is 0 Å². The molecule has 1 amide bonds. The molecule has 0 unspecified atom stereocenters. The number of carbonyl (C=O) groups excluding carboxylic acids is 1. The number of ether oxygens (including phenoxy) is 21. The molecule has 147 heavy (non-hydrogen) atoms. The molecular weight excluding hydrogens is 2160 g/mol. The first-order chi connectivity index (χ1) is 68.5. The summed E-state index contributed by atoms with van der Waals surface area (Å²) < 4.78 is 302. The summed E-state index contributed by atoms with van der Waals surface area (Å²) in [5.74, 6) is -5.49. The van der Waals surface area contributed by atoms with E-state index in [-0.39, 0.29) is 0 Å². The molecule has 0 spiro atoms. The number of hydrogen-bond acceptors (Lipinski definition) is 65. The van der Waals surface area contributed by atoms with Crippen molar-refractivity contribution in [3.8, 4) is 0 Å². The van der Waals surface area contributed by atoms with Gasteiger partial charge in [0.25, 0.3) is 0 Å². The average molecular weight is 2270 g/mol. The highest BCUT2D eigenvalue weighted by Gasteiger charge is 2.65. The van der Waals surface area contributed by atoms with Gasteiger partial charge in [0, 0.05) is 6.92 Å². The Morgan fingerprint density at radius 2 is 0.531 bits per heavy atom. The van der Waals surface area contributed by atoms with Gasteiger partial charge in [-0.2, -0.15) is 46.8 Å². The summed E-state index contributed by atoms with van der Waals surface area (Å²) in [6, 6.07) is -4.96. The van der Waals surface area contributed by atoms with Crippen molar-refractivity contribution in [3.05, 3.63) is 0 Å². The van der Waals surface area contributed by atoms with Gasteiger partial charge in [-0.3, -0.25) is 27.6 Å². The van der Waals surface area contributed by atoms with Crippen molar-refractivity contribution in [1.82, 2.24) is 10.0 Å². The molecule has 856 valence electrons. The monoisotopic (exact) mass is 2270 g/mol. The number of aliphatic carboxylic acids is 2. The van der Waals surface area contributed by atoms with Crippen LogP contribution in [0, 0.1) is 0 Å². The third-order valence-electron chi connectivity index (χ3n) is 24.5. The van der Waals surface area contributed by atoms with E-state index in [4.69, 9.17) is 104 Å². The molecule has 0 radical (unpaired) electrons. The maximum Gasteiger partial charge on any atom is 0.397 e. The van der Waals surface area contributed by atoms with Crippen molar-refractivity contribution in [2.45, 2.75) is 345 Å². The van der Waals surface area contributed by atoms with E-state index in [2.05, 4.69) is 16.7 Å². The van der Waals surface area contributed by atoms with Crippen LogP contribution in [0.3, 0.4) is 0 Å². The zero-order valence-electron chi connectivity index (χ0n) is 74.4. The van der Waals surface area contributed by atoms with Crippen molar-refractivity contribution in [2.24, 2.45) is 0 Å². The second-order valence-corrected chi connectivity index (χ2v) is 39.7. The van der Waals surface area contributed by atoms with Crippen LogP contribution in [-0.2, 0) is 182 Å². The minimum absolute atomic E-state index is 0.840. The standard InChI is InChI=1S/C42H70O35.C26H42N2O37S5/c43-1-8-29-15(50)22(57)36(64-8)72-30-9(2-44)66-38(24(59)17(30)52)74-32-11(4-46)68-40(26(61)19(32)54)76-34-13(6-48)70-42(28(63)21(34)56)77-35-14(7-49)69-41(27(62)20(35)55)75-33-12(5-47)67-39(25(60)18(33)53)73-31-10(3-45)65-37(71-29)23(58)16(31)51;1-4(30)27-7-9(31)13(6(56-23(7)39)3-55-67(43,44)45)58-26-19(65-70(52,53)54)12(34)16(20(62-26)22(37)38)60-24-8(28-66(40,41)42)15(63-68(46,47)48)14(5(2-29)57-24)59-25-18(64-69(49,50)51)11(33)10(32)17(61-25)21(35)36/h8-63H,1-7H2;5-20,23-26,28-29,31-34,39H,2-3H2,1H3,(H,27,30)(H,35,36)(H,37,38)(H,40,41,42)(H,43,44,45)(H,46,47,48)(H,49,50,51)(H,52,53,54)/t8-,9-,10-,11-,12-,13-,14-,15-,16-,17-,18-,19-,20-,21-,22-,23-,24-,25-,26-,27-,28-,29-,30-,31-,32-,33-,34-,35-,36-,37-,38-,39-,40-,41-,42-;5-,6+,7-,8-,9-,10-,11-,12+,13-,14-,15-,16+,17-,18+,19-,20+,23-,24+,25+,26-/m11/s1. The van der Waals surface area contributed by atoms with Crippen LogP contribution < -0.4 is 10.0 Å². The highest BCUT2D eigenvalue weighted by molar-refractivity contribution is 7.83. The predicted molar refractivity (Wildman–Crippen MR) is 429 cm³/mol. The van der Waals surface area contributed by atoms with E-state index in [9.17, 15) is 223 Å². The van der Waals surface area contributed by atoms with Crippen LogP contribution in [0.1, 0.15) is 6.92 Å². The number of nitrogens with one attached hydrogen (secondary N) is 2. The van der Waals surface area contributed by atoms with Gasteiger partial charge in [0.2, 0.25) is 5.91 Å². The largest absolute Gasteiger partial charge is 0.479 e. The summed E-state index contributed by atoms with van der Waals surface area (Å²) in [5.41, 5.74) is 0. The molecule has 14 bridgehead atoms. The number of aliphatic hydroxyl groups is 27. The van der Waals surface area contributed by atoms with E-state index in [1.54, 1.807) is 0 Å². The van der Waals surface area contributed by atoms with Crippen LogP contribution in [0.4, 0.5) is 0 Å². The molecule has 36 N–H and O–H groups in total. The fourth-order valence-electron chi connectivity index (χ4n) is 17.5. The molecular formula is C68H112N2O72S5. The number of aliphatic hydroxyl groups excluding tert-OH is 27. The lowest BCUT2D eigenvalue weighted by Crippen LogP contribution is -2.71. The predicted octanol–water partition coefficient (Wildman–Crippen LogP) is -25.9. The Morgan fingerprint density at radius 1 is 0.259 bits per heavy atom. The van der Waals surface area contributed by atoms with Gasteiger partial charge < -0.3 is 253 Å². The minimum atomic E-state index is -6.09. The Morgan fingerprint density at radius 3 is 0.796 bits per heavy atom. The van der Waals surface area contributed by atoms with E-state index in [0.717, 1.165) is 6.92 Å². The Bertz CT molecular complexity index is 4500. The Hall–Kier alpha value is -4.16. The summed E-state index contributed by atoms with van der Waals surface area (Å²) in [4.78, 5) is 36.4. The van der Waals surface area contributed by atoms with E-state index >= 15 is 0 Å². The van der Waals surface area contributed by atoms with Crippen molar-refractivity contribution < 1.29 is 344 Å². The molecule has 0 saturated carbocycles. The van der Waals surface area contributed by atoms with Gasteiger partial charge in [0.1, 0.15) is 244 Å². The topological polar surface area (TPSA) is 1160 Å². The summed E-state index contributed by atoms with van der Waals surface area (Å²) in [5, 5.41) is 316. The fourth-order valence-corrected chi connectivity index (χ4v) is 19.8. The molecule has 79 heteroatoms. The summed E-state index contributed by atoms with van der Waals surface area (Å²) in [7, 11) is -29.1. The number of amides is 1. The minimum Gasteiger partial charge on any atom is -0.479 e. The van der Waals surface area contributed by atoms with E-state index in [0.29, 0.717) is 0 Å². The van der Waals surface area contributed by atoms with Gasteiger partial charge >= 0.3 is 63.8 Å². The first-order valence-corrected chi connectivity index (χ1v) is 50.0. The van der Waals surface area contributed by atoms with Gasteiger partial charge in [-0.05, 0) is 0 Å². The van der Waals surface area contributed by atoms with E-state index in [1.807, 2.05) is 5.32 Å². The van der Waals surface area contributed by atoms with Crippen LogP contribution in [0.15, 0.2) is 0 Å². The quantitative estimate of drug-likeness (QED) is 0.0324. The summed E-state index contributed by atoms with van der Waals surface area (Å²) >= 11 is 0. The average Bonchev–Trinajstić information content (AvgIpc) is 0.801. The van der Waals surface area contributed by atoms with Crippen LogP contribution in [0.25, 0.3) is 0 Å².